The number of ether oxygens (including phenoxy) is 1. The summed E-state index contributed by atoms with van der Waals surface area (Å²) < 4.78 is 48.3. The van der Waals surface area contributed by atoms with Crippen molar-refractivity contribution in [2.45, 2.75) is 31.4 Å². The Labute approximate surface area is 142 Å². The molecule has 0 amide bonds. The lowest BCUT2D eigenvalue weighted by Gasteiger charge is -2.16. The second-order valence-corrected chi connectivity index (χ2v) is 6.38. The molecule has 0 N–H and O–H groups in total. The van der Waals surface area contributed by atoms with Gasteiger partial charge in [0, 0.05) is 0 Å². The summed E-state index contributed by atoms with van der Waals surface area (Å²) in [5, 5.41) is 0. The predicted molar refractivity (Wildman–Crippen MR) is 88.3 cm³/mol. The predicted octanol–water partition coefficient (Wildman–Crippen LogP) is 5.09. The Kier molecular flexibility index (Phi) is 8.64. The highest BCUT2D eigenvalue weighted by atomic mass is 127. The molecule has 1 aromatic carbocycles. The second-order valence-electron chi connectivity index (χ2n) is 4.62. The second kappa shape index (κ2) is 9.67. The number of unbranched alkanes of at least 4 members (excludes halogenated alkanes) is 1. The smallest absolute Gasteiger partial charge is 0.416 e. The fourth-order valence-electron chi connectivity index (χ4n) is 2.06. The van der Waals surface area contributed by atoms with Crippen LogP contribution in [0.4, 0.5) is 13.2 Å². The molecule has 0 heterocycles. The summed E-state index contributed by atoms with van der Waals surface area (Å²) in [4.78, 5) is 11.9. The van der Waals surface area contributed by atoms with E-state index in [1.54, 1.807) is 0 Å². The number of esters is 1. The normalized spacial score (nSPS) is 13.5. The van der Waals surface area contributed by atoms with Crippen molar-refractivity contribution in [2.24, 2.45) is 0 Å². The van der Waals surface area contributed by atoms with E-state index in [4.69, 9.17) is 9.26 Å². The monoisotopic (exact) mass is 448 g/mol. The van der Waals surface area contributed by atoms with Crippen LogP contribution in [0.25, 0.3) is 0 Å². The quantitative estimate of drug-likeness (QED) is 0.241. The van der Waals surface area contributed by atoms with Gasteiger partial charge in [0.15, 0.2) is 0 Å². The number of methoxy groups -OCH3 is 1. The van der Waals surface area contributed by atoms with E-state index in [9.17, 15) is 18.0 Å². The summed E-state index contributed by atoms with van der Waals surface area (Å²) >= 11 is 2.11. The maximum Gasteiger partial charge on any atom is 0.416 e. The van der Waals surface area contributed by atoms with E-state index in [0.717, 1.165) is 18.6 Å². The molecular weight excluding hydrogens is 431 g/mol. The first-order valence-electron chi connectivity index (χ1n) is 6.62. The summed E-state index contributed by atoms with van der Waals surface area (Å²) in [5.41, 5.74) is -0.424. The zero-order chi connectivity index (χ0) is 16.6. The van der Waals surface area contributed by atoms with Crippen molar-refractivity contribution in [3.05, 3.63) is 35.4 Å². The molecule has 3 nitrogen and oxygen atoms in total. The van der Waals surface area contributed by atoms with Crippen molar-refractivity contribution in [3.63, 3.8) is 0 Å². The van der Waals surface area contributed by atoms with Gasteiger partial charge in [0.1, 0.15) is 0 Å². The first-order valence-corrected chi connectivity index (χ1v) is 10.6. The van der Waals surface area contributed by atoms with Gasteiger partial charge in [-0.05, 0) is 52.9 Å². The molecule has 124 valence electrons. The first kappa shape index (κ1) is 19.6. The number of carbonyl (C=O) groups excluding carboxylic acids is 1. The summed E-state index contributed by atoms with van der Waals surface area (Å²) in [6.45, 7) is 0.958. The Morgan fingerprint density at radius 2 is 2.09 bits per heavy atom. The van der Waals surface area contributed by atoms with Crippen LogP contribution in [0.3, 0.4) is 0 Å². The summed E-state index contributed by atoms with van der Waals surface area (Å²) in [7, 11) is 1.24. The van der Waals surface area contributed by atoms with Crippen LogP contribution in [-0.2, 0) is 20.2 Å². The summed E-state index contributed by atoms with van der Waals surface area (Å²) in [6.07, 6.45) is -2.56. The molecule has 0 radical (unpaired) electrons. The van der Waals surface area contributed by atoms with Crippen molar-refractivity contribution >= 4 is 34.5 Å². The minimum Gasteiger partial charge on any atom is -0.469 e. The molecule has 2 atom stereocenters. The Balaban J connectivity index is 2.81. The Morgan fingerprint density at radius 1 is 1.36 bits per heavy atom. The average Bonchev–Trinajstić information content (AvgIpc) is 2.49. The third-order valence-corrected chi connectivity index (χ3v) is 4.39. The fraction of sp³-hybridized carbons (Fsp3) is 0.500. The summed E-state index contributed by atoms with van der Waals surface area (Å²) in [5.74, 6) is -1.20. The van der Waals surface area contributed by atoms with Crippen LogP contribution in [-0.4, -0.2) is 19.7 Å². The molecule has 0 aliphatic rings. The van der Waals surface area contributed by atoms with Gasteiger partial charge in [-0.1, -0.05) is 18.2 Å². The van der Waals surface area contributed by atoms with Crippen LogP contribution in [0.1, 0.15) is 36.3 Å². The number of benzene rings is 1. The lowest BCUT2D eigenvalue weighted by Crippen LogP contribution is -2.16. The van der Waals surface area contributed by atoms with Crippen molar-refractivity contribution in [1.82, 2.24) is 0 Å². The van der Waals surface area contributed by atoms with Gasteiger partial charge >= 0.3 is 12.1 Å². The number of hydrogen-bond acceptors (Lipinski definition) is 3. The molecule has 2 unspecified atom stereocenters. The van der Waals surface area contributed by atoms with Crippen molar-refractivity contribution < 1.29 is 27.2 Å². The number of hydrogen-bond donors (Lipinski definition) is 0. The van der Waals surface area contributed by atoms with Gasteiger partial charge in [-0.2, -0.15) is 13.2 Å². The first-order chi connectivity index (χ1) is 10.4. The zero-order valence-electron chi connectivity index (χ0n) is 12.0. The van der Waals surface area contributed by atoms with Gasteiger partial charge in [-0.15, -0.1) is 0 Å². The zero-order valence-corrected chi connectivity index (χ0v) is 15.1. The SMILES string of the molecule is COC(=O)C(CCCCOPI)c1cccc(C(F)(F)F)c1. The largest absolute Gasteiger partial charge is 0.469 e. The van der Waals surface area contributed by atoms with Gasteiger partial charge in [-0.25, -0.2) is 0 Å². The molecule has 0 aromatic heterocycles. The van der Waals surface area contributed by atoms with Crippen LogP contribution in [0.5, 0.6) is 0 Å². The number of rotatable bonds is 8. The maximum absolute atomic E-state index is 12.8. The third kappa shape index (κ3) is 6.38. The van der Waals surface area contributed by atoms with Crippen LogP contribution >= 0.6 is 28.5 Å². The molecular formula is C14H17F3IO3P. The molecule has 0 bridgehead atoms. The lowest BCUT2D eigenvalue weighted by atomic mass is 9.92. The highest BCUT2D eigenvalue weighted by Crippen LogP contribution is 2.32. The maximum atomic E-state index is 12.8. The number of carbonyl (C=O) groups is 1. The number of alkyl halides is 3. The Bertz CT molecular complexity index is 483. The standard InChI is InChI=1S/C14H17F3IO3P/c1-20-13(19)12(7-2-3-8-21-22-18)10-5-4-6-11(9-10)14(15,16)17/h4-6,9,12,22H,2-3,7-8H2,1H3. The van der Waals surface area contributed by atoms with E-state index in [1.807, 2.05) is 0 Å². The molecule has 0 fully saturated rings. The van der Waals surface area contributed by atoms with Crippen LogP contribution < -0.4 is 0 Å². The molecule has 0 saturated carbocycles. The van der Waals surface area contributed by atoms with E-state index >= 15 is 0 Å². The van der Waals surface area contributed by atoms with Gasteiger partial charge in [0.05, 0.1) is 31.6 Å². The van der Waals surface area contributed by atoms with Gasteiger partial charge in [-0.3, -0.25) is 4.79 Å². The highest BCUT2D eigenvalue weighted by Gasteiger charge is 2.32. The van der Waals surface area contributed by atoms with Gasteiger partial charge in [0.25, 0.3) is 0 Å². The lowest BCUT2D eigenvalue weighted by molar-refractivity contribution is -0.143. The van der Waals surface area contributed by atoms with Crippen LogP contribution in [0.15, 0.2) is 24.3 Å². The van der Waals surface area contributed by atoms with E-state index in [2.05, 4.69) is 22.0 Å². The molecule has 0 aliphatic heterocycles. The fourth-order valence-corrected chi connectivity index (χ4v) is 2.94. The molecule has 0 aliphatic carbocycles. The Morgan fingerprint density at radius 3 is 2.68 bits per heavy atom. The minimum atomic E-state index is -4.42. The Hall–Kier alpha value is -0.400. The van der Waals surface area contributed by atoms with Gasteiger partial charge in [0.2, 0.25) is 0 Å². The summed E-state index contributed by atoms with van der Waals surface area (Å²) in [6, 6.07) is 4.85. The molecule has 1 aromatic rings. The van der Waals surface area contributed by atoms with E-state index in [0.29, 0.717) is 31.5 Å². The van der Waals surface area contributed by atoms with Crippen LogP contribution in [0, 0.1) is 0 Å². The molecule has 22 heavy (non-hydrogen) atoms. The minimum absolute atomic E-state index is 0.332. The molecule has 0 spiro atoms. The van der Waals surface area contributed by atoms with E-state index in [-0.39, 0.29) is 0 Å². The molecule has 8 heteroatoms. The topological polar surface area (TPSA) is 35.5 Å². The van der Waals surface area contributed by atoms with Gasteiger partial charge < -0.3 is 9.26 Å². The third-order valence-electron chi connectivity index (χ3n) is 3.15. The highest BCUT2D eigenvalue weighted by molar-refractivity contribution is 14.2. The average molecular weight is 448 g/mol. The van der Waals surface area contributed by atoms with Crippen molar-refractivity contribution in [1.29, 1.82) is 0 Å². The van der Waals surface area contributed by atoms with E-state index in [1.165, 1.54) is 19.2 Å². The number of halogens is 4. The van der Waals surface area contributed by atoms with Crippen molar-refractivity contribution in [3.8, 4) is 0 Å². The molecule has 0 saturated heterocycles. The molecule has 1 rings (SSSR count). The van der Waals surface area contributed by atoms with E-state index < -0.39 is 23.6 Å². The van der Waals surface area contributed by atoms with Crippen molar-refractivity contribution in [2.75, 3.05) is 13.7 Å². The van der Waals surface area contributed by atoms with Crippen LogP contribution in [0.2, 0.25) is 0 Å².